The lowest BCUT2D eigenvalue weighted by atomic mass is 10.0. The first kappa shape index (κ1) is 27.9. The van der Waals surface area contributed by atoms with Crippen LogP contribution in [0.2, 0.25) is 0 Å². The highest BCUT2D eigenvalue weighted by Crippen LogP contribution is 2.29. The van der Waals surface area contributed by atoms with Crippen molar-refractivity contribution in [2.45, 2.75) is 117 Å². The number of anilines is 1. The second-order valence-electron chi connectivity index (χ2n) is 8.62. The molecule has 0 aliphatic carbocycles. The maximum absolute atomic E-state index is 12.2. The average molecular weight is 449 g/mol. The summed E-state index contributed by atoms with van der Waals surface area (Å²) in [6.45, 7) is 4.51. The molecule has 1 rings (SSSR count). The maximum atomic E-state index is 12.2. The number of nitrogens with zero attached hydrogens (tertiary/aromatic N) is 1. The zero-order chi connectivity index (χ0) is 23.4. The minimum Gasteiger partial charge on any atom is -0.494 e. The molecular formula is C26H44N2O4. The zero-order valence-corrected chi connectivity index (χ0v) is 20.3. The molecule has 0 fully saturated rings. The molecule has 6 nitrogen and oxygen atoms in total. The molecule has 0 saturated heterocycles. The zero-order valence-electron chi connectivity index (χ0n) is 20.3. The summed E-state index contributed by atoms with van der Waals surface area (Å²) in [6.07, 6.45) is 19.6. The van der Waals surface area contributed by atoms with Crippen LogP contribution in [0.3, 0.4) is 0 Å². The van der Waals surface area contributed by atoms with Crippen molar-refractivity contribution in [1.82, 2.24) is 0 Å². The molecule has 32 heavy (non-hydrogen) atoms. The van der Waals surface area contributed by atoms with Crippen LogP contribution in [0.5, 0.6) is 5.75 Å². The maximum Gasteiger partial charge on any atom is 0.296 e. The fraction of sp³-hybridized carbons (Fsp3) is 0.731. The van der Waals surface area contributed by atoms with Crippen LogP contribution in [0.1, 0.15) is 117 Å². The molecule has 0 radical (unpaired) electrons. The normalized spacial score (nSPS) is 10.8. The van der Waals surface area contributed by atoms with E-state index in [1.54, 1.807) is 6.07 Å². The number of benzene rings is 1. The van der Waals surface area contributed by atoms with Crippen molar-refractivity contribution in [3.8, 4) is 5.75 Å². The van der Waals surface area contributed by atoms with Crippen molar-refractivity contribution in [2.75, 3.05) is 11.9 Å². The molecule has 1 N–H and O–H groups in total. The van der Waals surface area contributed by atoms with Crippen LogP contribution in [0.25, 0.3) is 0 Å². The Morgan fingerprint density at radius 1 is 0.844 bits per heavy atom. The summed E-state index contributed by atoms with van der Waals surface area (Å²) in [5.41, 5.74) is 0.0882. The van der Waals surface area contributed by atoms with E-state index in [2.05, 4.69) is 12.2 Å². The molecule has 1 aromatic rings. The summed E-state index contributed by atoms with van der Waals surface area (Å²) in [4.78, 5) is 22.9. The lowest BCUT2D eigenvalue weighted by molar-refractivity contribution is -0.384. The molecule has 0 saturated carbocycles. The van der Waals surface area contributed by atoms with Gasteiger partial charge in [0, 0.05) is 6.42 Å². The predicted octanol–water partition coefficient (Wildman–Crippen LogP) is 8.19. The summed E-state index contributed by atoms with van der Waals surface area (Å²) in [7, 11) is 0. The molecule has 0 aromatic heterocycles. The number of amides is 1. The average Bonchev–Trinajstić information content (AvgIpc) is 2.77. The molecule has 6 heteroatoms. The predicted molar refractivity (Wildman–Crippen MR) is 132 cm³/mol. The molecule has 0 aliphatic heterocycles. The molecule has 182 valence electrons. The third-order valence-corrected chi connectivity index (χ3v) is 5.76. The largest absolute Gasteiger partial charge is 0.494 e. The minimum absolute atomic E-state index is 0.138. The van der Waals surface area contributed by atoms with Gasteiger partial charge in [-0.05, 0) is 25.5 Å². The van der Waals surface area contributed by atoms with Crippen molar-refractivity contribution in [1.29, 1.82) is 0 Å². The number of hydrogen-bond acceptors (Lipinski definition) is 4. The van der Waals surface area contributed by atoms with Gasteiger partial charge in [0.05, 0.1) is 17.6 Å². The Morgan fingerprint density at radius 2 is 1.34 bits per heavy atom. The fourth-order valence-corrected chi connectivity index (χ4v) is 3.89. The van der Waals surface area contributed by atoms with Gasteiger partial charge in [0.2, 0.25) is 5.91 Å². The van der Waals surface area contributed by atoms with E-state index in [1.165, 1.54) is 89.2 Å². The van der Waals surface area contributed by atoms with Crippen LogP contribution in [0.15, 0.2) is 18.2 Å². The summed E-state index contributed by atoms with van der Waals surface area (Å²) >= 11 is 0. The van der Waals surface area contributed by atoms with Gasteiger partial charge >= 0.3 is 0 Å². The SMILES string of the molecule is CCCCCCCCCCCCCCCCCC(=O)Nc1ccc(OCC)cc1[N+](=O)[O-]. The standard InChI is InChI=1S/C26H44N2O4/c1-3-5-6-7-8-9-10-11-12-13-14-15-16-17-18-19-26(29)27-24-21-20-23(32-4-2)22-25(24)28(30)31/h20-22H,3-19H2,1-2H3,(H,27,29). The van der Waals surface area contributed by atoms with Gasteiger partial charge < -0.3 is 10.1 Å². The van der Waals surface area contributed by atoms with Gasteiger partial charge in [0.1, 0.15) is 11.4 Å². The van der Waals surface area contributed by atoms with Gasteiger partial charge in [-0.25, -0.2) is 0 Å². The van der Waals surface area contributed by atoms with E-state index < -0.39 is 4.92 Å². The Morgan fingerprint density at radius 3 is 1.81 bits per heavy atom. The second kappa shape index (κ2) is 18.5. The van der Waals surface area contributed by atoms with Crippen LogP contribution in [-0.2, 0) is 4.79 Å². The third-order valence-electron chi connectivity index (χ3n) is 5.76. The molecule has 1 amide bonds. The van der Waals surface area contributed by atoms with Gasteiger partial charge in [-0.2, -0.15) is 0 Å². The lowest BCUT2D eigenvalue weighted by Crippen LogP contribution is -2.12. The van der Waals surface area contributed by atoms with E-state index in [9.17, 15) is 14.9 Å². The molecule has 0 bridgehead atoms. The Balaban J connectivity index is 2.05. The Labute approximate surface area is 194 Å². The molecule has 0 unspecified atom stereocenters. The Kier molecular flexibility index (Phi) is 16.1. The summed E-state index contributed by atoms with van der Waals surface area (Å²) in [6, 6.07) is 4.53. The summed E-state index contributed by atoms with van der Waals surface area (Å²) in [5.74, 6) is 0.256. The lowest BCUT2D eigenvalue weighted by Gasteiger charge is -2.08. The quantitative estimate of drug-likeness (QED) is 0.124. The van der Waals surface area contributed by atoms with Crippen LogP contribution in [-0.4, -0.2) is 17.4 Å². The van der Waals surface area contributed by atoms with Crippen molar-refractivity contribution in [3.05, 3.63) is 28.3 Å². The number of nitrogens with one attached hydrogen (secondary N) is 1. The molecule has 1 aromatic carbocycles. The number of carbonyl (C=O) groups excluding carboxylic acids is 1. The van der Waals surface area contributed by atoms with E-state index in [4.69, 9.17) is 4.74 Å². The van der Waals surface area contributed by atoms with Crippen molar-refractivity contribution >= 4 is 17.3 Å². The van der Waals surface area contributed by atoms with Gasteiger partial charge in [-0.15, -0.1) is 0 Å². The van der Waals surface area contributed by atoms with Crippen LogP contribution >= 0.6 is 0 Å². The molecule has 0 spiro atoms. The Bertz CT molecular complexity index is 649. The van der Waals surface area contributed by atoms with E-state index >= 15 is 0 Å². The van der Waals surface area contributed by atoms with Crippen molar-refractivity contribution in [3.63, 3.8) is 0 Å². The van der Waals surface area contributed by atoms with E-state index in [0.29, 0.717) is 18.8 Å². The van der Waals surface area contributed by atoms with Gasteiger partial charge in [0.15, 0.2) is 0 Å². The topological polar surface area (TPSA) is 81.5 Å². The highest BCUT2D eigenvalue weighted by Gasteiger charge is 2.17. The summed E-state index contributed by atoms with van der Waals surface area (Å²) < 4.78 is 5.30. The molecule has 0 aliphatic rings. The smallest absolute Gasteiger partial charge is 0.296 e. The third kappa shape index (κ3) is 13.3. The Hall–Kier alpha value is -2.11. The van der Waals surface area contributed by atoms with E-state index in [1.807, 2.05) is 6.92 Å². The molecule has 0 heterocycles. The number of rotatable bonds is 20. The molecule has 0 atom stereocenters. The highest BCUT2D eigenvalue weighted by atomic mass is 16.6. The first-order valence-electron chi connectivity index (χ1n) is 12.8. The van der Waals surface area contributed by atoms with Crippen molar-refractivity contribution in [2.24, 2.45) is 0 Å². The van der Waals surface area contributed by atoms with Crippen LogP contribution < -0.4 is 10.1 Å². The summed E-state index contributed by atoms with van der Waals surface area (Å²) in [5, 5.41) is 13.9. The van der Waals surface area contributed by atoms with Crippen LogP contribution in [0, 0.1) is 10.1 Å². The first-order valence-corrected chi connectivity index (χ1v) is 12.8. The van der Waals surface area contributed by atoms with Gasteiger partial charge in [-0.3, -0.25) is 14.9 Å². The monoisotopic (exact) mass is 448 g/mol. The van der Waals surface area contributed by atoms with E-state index in [0.717, 1.165) is 19.3 Å². The fourth-order valence-electron chi connectivity index (χ4n) is 3.89. The number of hydrogen-bond donors (Lipinski definition) is 1. The number of nitro groups is 1. The number of nitro benzene ring substituents is 1. The van der Waals surface area contributed by atoms with E-state index in [-0.39, 0.29) is 17.3 Å². The number of ether oxygens (including phenoxy) is 1. The van der Waals surface area contributed by atoms with Crippen molar-refractivity contribution < 1.29 is 14.5 Å². The van der Waals surface area contributed by atoms with Crippen LogP contribution in [0.4, 0.5) is 11.4 Å². The molecular weight excluding hydrogens is 404 g/mol. The second-order valence-corrected chi connectivity index (χ2v) is 8.62. The first-order chi connectivity index (χ1) is 15.6. The number of unbranched alkanes of at least 4 members (excludes halogenated alkanes) is 14. The van der Waals surface area contributed by atoms with Gasteiger partial charge in [0.25, 0.3) is 5.69 Å². The highest BCUT2D eigenvalue weighted by molar-refractivity contribution is 5.93. The minimum atomic E-state index is -0.494. The van der Waals surface area contributed by atoms with Gasteiger partial charge in [-0.1, -0.05) is 96.8 Å². The number of carbonyl (C=O) groups is 1.